The topological polar surface area (TPSA) is 113 Å². The van der Waals surface area contributed by atoms with Gasteiger partial charge < -0.3 is 15.9 Å². The van der Waals surface area contributed by atoms with Gasteiger partial charge in [-0.15, -0.1) is 10.2 Å². The van der Waals surface area contributed by atoms with Gasteiger partial charge in [0.25, 0.3) is 0 Å². The molecule has 11 heteroatoms. The van der Waals surface area contributed by atoms with Gasteiger partial charge in [-0.1, -0.05) is 29.5 Å². The Hall–Kier alpha value is -3.86. The molecular formula is C22H22FN7O2S. The van der Waals surface area contributed by atoms with Gasteiger partial charge in [0, 0.05) is 6.07 Å². The summed E-state index contributed by atoms with van der Waals surface area (Å²) in [4.78, 5) is 12.6. The molecular weight excluding hydrogens is 445 g/mol. The van der Waals surface area contributed by atoms with Gasteiger partial charge in [-0.25, -0.2) is 13.7 Å². The van der Waals surface area contributed by atoms with Crippen molar-refractivity contribution in [3.8, 4) is 11.4 Å². The highest BCUT2D eigenvalue weighted by Gasteiger charge is 2.15. The molecule has 170 valence electrons. The lowest BCUT2D eigenvalue weighted by atomic mass is 10.2. The number of anilines is 1. The highest BCUT2D eigenvalue weighted by atomic mass is 32.2. The lowest BCUT2D eigenvalue weighted by Gasteiger charge is -2.09. The van der Waals surface area contributed by atoms with E-state index in [-0.39, 0.29) is 24.1 Å². The normalized spacial score (nSPS) is 10.9. The Morgan fingerprint density at radius 2 is 1.85 bits per heavy atom. The number of ether oxygens (including phenoxy) is 1. The molecule has 2 heterocycles. The van der Waals surface area contributed by atoms with Gasteiger partial charge in [-0.05, 0) is 50.2 Å². The Bertz CT molecular complexity index is 1250. The van der Waals surface area contributed by atoms with Crippen LogP contribution in [0.3, 0.4) is 0 Å². The molecule has 0 bridgehead atoms. The molecule has 2 aromatic heterocycles. The van der Waals surface area contributed by atoms with Gasteiger partial charge in [0.15, 0.2) is 5.82 Å². The van der Waals surface area contributed by atoms with Gasteiger partial charge >= 0.3 is 0 Å². The SMILES string of the molecule is Cc1ccc(-n2nc(C)cc2NC(=O)CSc2nnc(COc3ccc(F)cc3)n2N)cc1. The molecule has 2 aromatic carbocycles. The van der Waals surface area contributed by atoms with Crippen LogP contribution in [0.4, 0.5) is 10.2 Å². The minimum Gasteiger partial charge on any atom is -0.486 e. The van der Waals surface area contributed by atoms with Crippen LogP contribution in [0.15, 0.2) is 59.8 Å². The quantitative estimate of drug-likeness (QED) is 0.302. The van der Waals surface area contributed by atoms with E-state index in [1.54, 1.807) is 10.7 Å². The zero-order chi connectivity index (χ0) is 23.4. The van der Waals surface area contributed by atoms with E-state index in [1.165, 1.54) is 28.9 Å². The number of hydrogen-bond donors (Lipinski definition) is 2. The average molecular weight is 468 g/mol. The molecule has 0 fully saturated rings. The van der Waals surface area contributed by atoms with E-state index in [0.717, 1.165) is 28.7 Å². The molecule has 0 spiro atoms. The maximum atomic E-state index is 13.0. The largest absolute Gasteiger partial charge is 0.486 e. The monoisotopic (exact) mass is 467 g/mol. The van der Waals surface area contributed by atoms with Gasteiger partial charge in [0.05, 0.1) is 17.1 Å². The van der Waals surface area contributed by atoms with Crippen LogP contribution in [-0.4, -0.2) is 36.3 Å². The highest BCUT2D eigenvalue weighted by molar-refractivity contribution is 7.99. The number of benzene rings is 2. The molecule has 0 aliphatic rings. The van der Waals surface area contributed by atoms with E-state index in [0.29, 0.717) is 22.5 Å². The standard InChI is InChI=1S/C22H22FN7O2S/c1-14-3-7-17(8-4-14)30-19(11-15(2)28-30)25-21(31)13-33-22-27-26-20(29(22)24)12-32-18-9-5-16(23)6-10-18/h3-11H,12-13,24H2,1-2H3,(H,25,31). The number of nitrogen functional groups attached to an aromatic ring is 1. The molecule has 1 amide bonds. The fourth-order valence-electron chi connectivity index (χ4n) is 2.96. The minimum absolute atomic E-state index is 0.0525. The lowest BCUT2D eigenvalue weighted by molar-refractivity contribution is -0.113. The Kier molecular flexibility index (Phi) is 6.59. The van der Waals surface area contributed by atoms with E-state index in [1.807, 2.05) is 38.1 Å². The Balaban J connectivity index is 1.35. The average Bonchev–Trinajstić information content (AvgIpc) is 3.34. The summed E-state index contributed by atoms with van der Waals surface area (Å²) in [7, 11) is 0. The Labute approximate surface area is 193 Å². The maximum absolute atomic E-state index is 13.0. The number of carbonyl (C=O) groups is 1. The summed E-state index contributed by atoms with van der Waals surface area (Å²) in [5.74, 6) is 6.95. The van der Waals surface area contributed by atoms with Crippen molar-refractivity contribution >= 4 is 23.5 Å². The minimum atomic E-state index is -0.349. The Morgan fingerprint density at radius 1 is 1.12 bits per heavy atom. The predicted octanol–water partition coefficient (Wildman–Crippen LogP) is 3.24. The number of nitrogens with two attached hydrogens (primary N) is 1. The third-order valence-corrected chi connectivity index (χ3v) is 5.57. The van der Waals surface area contributed by atoms with Gasteiger partial charge in [-0.2, -0.15) is 5.10 Å². The van der Waals surface area contributed by atoms with Crippen molar-refractivity contribution in [3.63, 3.8) is 0 Å². The van der Waals surface area contributed by atoms with Crippen molar-refractivity contribution in [2.75, 3.05) is 16.9 Å². The van der Waals surface area contributed by atoms with E-state index >= 15 is 0 Å². The molecule has 0 saturated carbocycles. The van der Waals surface area contributed by atoms with Crippen molar-refractivity contribution in [2.24, 2.45) is 0 Å². The first-order chi connectivity index (χ1) is 15.9. The molecule has 0 aliphatic carbocycles. The van der Waals surface area contributed by atoms with Gasteiger partial charge in [0.1, 0.15) is 24.0 Å². The van der Waals surface area contributed by atoms with Crippen molar-refractivity contribution in [1.29, 1.82) is 0 Å². The number of rotatable bonds is 8. The number of amides is 1. The first-order valence-corrected chi connectivity index (χ1v) is 11.0. The smallest absolute Gasteiger partial charge is 0.236 e. The van der Waals surface area contributed by atoms with Gasteiger partial charge in [-0.3, -0.25) is 4.79 Å². The van der Waals surface area contributed by atoms with Crippen LogP contribution in [0.2, 0.25) is 0 Å². The molecule has 33 heavy (non-hydrogen) atoms. The number of thioether (sulfide) groups is 1. The molecule has 0 aliphatic heterocycles. The fraction of sp³-hybridized carbons (Fsp3) is 0.182. The lowest BCUT2D eigenvalue weighted by Crippen LogP contribution is -2.19. The van der Waals surface area contributed by atoms with Crippen LogP contribution < -0.4 is 15.9 Å². The molecule has 4 rings (SSSR count). The Morgan fingerprint density at radius 3 is 2.58 bits per heavy atom. The zero-order valence-electron chi connectivity index (χ0n) is 18.0. The zero-order valence-corrected chi connectivity index (χ0v) is 18.8. The van der Waals surface area contributed by atoms with Crippen LogP contribution in [0.1, 0.15) is 17.1 Å². The van der Waals surface area contributed by atoms with E-state index in [2.05, 4.69) is 20.6 Å². The molecule has 4 aromatic rings. The second kappa shape index (κ2) is 9.74. The number of hydrogen-bond acceptors (Lipinski definition) is 7. The first kappa shape index (κ1) is 22.3. The summed E-state index contributed by atoms with van der Waals surface area (Å²) < 4.78 is 21.5. The van der Waals surface area contributed by atoms with E-state index < -0.39 is 0 Å². The molecule has 0 radical (unpaired) electrons. The molecule has 3 N–H and O–H groups in total. The maximum Gasteiger partial charge on any atom is 0.236 e. The number of nitrogens with one attached hydrogen (secondary N) is 1. The van der Waals surface area contributed by atoms with Crippen LogP contribution in [0.25, 0.3) is 5.69 Å². The van der Waals surface area contributed by atoms with Crippen molar-refractivity contribution in [1.82, 2.24) is 24.7 Å². The van der Waals surface area contributed by atoms with Crippen LogP contribution in [0, 0.1) is 19.7 Å². The molecule has 0 saturated heterocycles. The van der Waals surface area contributed by atoms with Crippen molar-refractivity contribution in [3.05, 3.63) is 77.5 Å². The third-order valence-electron chi connectivity index (χ3n) is 4.63. The number of halogens is 1. The van der Waals surface area contributed by atoms with Crippen molar-refractivity contribution < 1.29 is 13.9 Å². The number of aromatic nitrogens is 5. The van der Waals surface area contributed by atoms with E-state index in [9.17, 15) is 9.18 Å². The van der Waals surface area contributed by atoms with Crippen LogP contribution in [0.5, 0.6) is 5.75 Å². The summed E-state index contributed by atoms with van der Waals surface area (Å²) in [6.45, 7) is 3.92. The van der Waals surface area contributed by atoms with Crippen LogP contribution >= 0.6 is 11.8 Å². The summed E-state index contributed by atoms with van der Waals surface area (Å²) in [6, 6.07) is 15.3. The summed E-state index contributed by atoms with van der Waals surface area (Å²) in [6.07, 6.45) is 0. The summed E-state index contributed by atoms with van der Waals surface area (Å²) in [5, 5.41) is 15.7. The number of carbonyl (C=O) groups excluding carboxylic acids is 1. The molecule has 0 atom stereocenters. The van der Waals surface area contributed by atoms with Gasteiger partial charge in [0.2, 0.25) is 11.1 Å². The molecule has 9 nitrogen and oxygen atoms in total. The summed E-state index contributed by atoms with van der Waals surface area (Å²) in [5.41, 5.74) is 2.77. The molecule has 0 unspecified atom stereocenters. The first-order valence-electron chi connectivity index (χ1n) is 10.0. The second-order valence-electron chi connectivity index (χ2n) is 7.27. The van der Waals surface area contributed by atoms with E-state index in [4.69, 9.17) is 10.6 Å². The number of nitrogens with zero attached hydrogens (tertiary/aromatic N) is 5. The van der Waals surface area contributed by atoms with Crippen molar-refractivity contribution in [2.45, 2.75) is 25.6 Å². The predicted molar refractivity (Wildman–Crippen MR) is 123 cm³/mol. The number of aryl methyl sites for hydroxylation is 2. The fourth-order valence-corrected chi connectivity index (χ4v) is 3.64. The second-order valence-corrected chi connectivity index (χ2v) is 8.21. The third kappa shape index (κ3) is 5.50. The highest BCUT2D eigenvalue weighted by Crippen LogP contribution is 2.20. The summed E-state index contributed by atoms with van der Waals surface area (Å²) >= 11 is 1.15. The van der Waals surface area contributed by atoms with Crippen LogP contribution in [-0.2, 0) is 11.4 Å².